The van der Waals surface area contributed by atoms with Gasteiger partial charge in [0.1, 0.15) is 6.61 Å². The highest BCUT2D eigenvalue weighted by atomic mass is 31.2. The van der Waals surface area contributed by atoms with Gasteiger partial charge in [-0.1, -0.05) is 30.3 Å². The smallest absolute Gasteiger partial charge is 0.358 e. The molecule has 1 aromatic carbocycles. The van der Waals surface area contributed by atoms with Crippen LogP contribution in [0.3, 0.4) is 0 Å². The molecule has 6 nitrogen and oxygen atoms in total. The van der Waals surface area contributed by atoms with Gasteiger partial charge in [-0.05, 0) is 19.4 Å². The fourth-order valence-corrected chi connectivity index (χ4v) is 2.95. The molecular formula is C13H20NO5P. The fraction of sp³-hybridized carbons (Fsp3) is 0.462. The normalized spacial score (nSPS) is 12.9. The Morgan fingerprint density at radius 3 is 2.25 bits per heavy atom. The summed E-state index contributed by atoms with van der Waals surface area (Å²) in [5.41, 5.74) is 6.46. The summed E-state index contributed by atoms with van der Waals surface area (Å²) >= 11 is 0. The maximum atomic E-state index is 12.3. The molecular weight excluding hydrogens is 281 g/mol. The van der Waals surface area contributed by atoms with E-state index in [0.717, 1.165) is 5.56 Å². The van der Waals surface area contributed by atoms with Crippen LogP contribution < -0.4 is 5.73 Å². The molecule has 7 heteroatoms. The first-order valence-electron chi connectivity index (χ1n) is 6.38. The zero-order valence-electron chi connectivity index (χ0n) is 11.7. The SMILES string of the molecule is CCOP(=O)(OCC)C(N)C(=O)OCc1ccccc1. The number of rotatable bonds is 8. The molecule has 0 aromatic heterocycles. The summed E-state index contributed by atoms with van der Waals surface area (Å²) in [6.45, 7) is 3.63. The van der Waals surface area contributed by atoms with E-state index in [-0.39, 0.29) is 19.8 Å². The molecule has 0 amide bonds. The van der Waals surface area contributed by atoms with Crippen LogP contribution in [-0.4, -0.2) is 25.0 Å². The Labute approximate surface area is 118 Å². The van der Waals surface area contributed by atoms with Crippen molar-refractivity contribution in [3.8, 4) is 0 Å². The Bertz CT molecular complexity index is 455. The predicted molar refractivity (Wildman–Crippen MR) is 75.1 cm³/mol. The number of benzene rings is 1. The number of ether oxygens (including phenoxy) is 1. The van der Waals surface area contributed by atoms with E-state index < -0.39 is 19.3 Å². The maximum absolute atomic E-state index is 12.3. The van der Waals surface area contributed by atoms with E-state index in [1.54, 1.807) is 13.8 Å². The van der Waals surface area contributed by atoms with E-state index >= 15 is 0 Å². The number of carbonyl (C=O) groups excluding carboxylic acids is 1. The van der Waals surface area contributed by atoms with Crippen molar-refractivity contribution >= 4 is 13.6 Å². The average molecular weight is 301 g/mol. The summed E-state index contributed by atoms with van der Waals surface area (Å²) in [5, 5.41) is 0. The van der Waals surface area contributed by atoms with Crippen LogP contribution in [0.15, 0.2) is 30.3 Å². The number of nitrogens with two attached hydrogens (primary N) is 1. The lowest BCUT2D eigenvalue weighted by molar-refractivity contribution is -0.144. The van der Waals surface area contributed by atoms with Crippen molar-refractivity contribution in [2.75, 3.05) is 13.2 Å². The Morgan fingerprint density at radius 1 is 1.20 bits per heavy atom. The minimum atomic E-state index is -3.68. The van der Waals surface area contributed by atoms with Crippen LogP contribution in [0.1, 0.15) is 19.4 Å². The van der Waals surface area contributed by atoms with Gasteiger partial charge in [0.15, 0.2) is 0 Å². The van der Waals surface area contributed by atoms with Gasteiger partial charge < -0.3 is 19.5 Å². The van der Waals surface area contributed by atoms with Crippen molar-refractivity contribution in [2.24, 2.45) is 5.73 Å². The van der Waals surface area contributed by atoms with E-state index in [9.17, 15) is 9.36 Å². The summed E-state index contributed by atoms with van der Waals surface area (Å²) in [6, 6.07) is 9.13. The summed E-state index contributed by atoms with van der Waals surface area (Å²) in [6.07, 6.45) is 0. The largest absolute Gasteiger partial charge is 0.459 e. The molecule has 1 atom stereocenters. The van der Waals surface area contributed by atoms with Gasteiger partial charge in [-0.2, -0.15) is 0 Å². The first-order chi connectivity index (χ1) is 9.53. The number of carbonyl (C=O) groups is 1. The molecule has 20 heavy (non-hydrogen) atoms. The van der Waals surface area contributed by atoms with Gasteiger partial charge in [-0.3, -0.25) is 4.57 Å². The minimum Gasteiger partial charge on any atom is -0.459 e. The molecule has 0 saturated heterocycles. The molecule has 0 bridgehead atoms. The van der Waals surface area contributed by atoms with Gasteiger partial charge >= 0.3 is 13.6 Å². The van der Waals surface area contributed by atoms with Gasteiger partial charge in [-0.25, -0.2) is 4.79 Å². The molecule has 0 aliphatic carbocycles. The Balaban J connectivity index is 2.63. The second kappa shape index (κ2) is 8.17. The molecule has 0 spiro atoms. The van der Waals surface area contributed by atoms with Gasteiger partial charge in [0, 0.05) is 0 Å². The molecule has 0 radical (unpaired) electrons. The van der Waals surface area contributed by atoms with E-state index in [0.29, 0.717) is 0 Å². The molecule has 1 unspecified atom stereocenters. The predicted octanol–water partition coefficient (Wildman–Crippen LogP) is 2.28. The molecule has 0 saturated carbocycles. The molecule has 1 rings (SSSR count). The monoisotopic (exact) mass is 301 g/mol. The van der Waals surface area contributed by atoms with Gasteiger partial charge in [-0.15, -0.1) is 0 Å². The highest BCUT2D eigenvalue weighted by Crippen LogP contribution is 2.51. The number of esters is 1. The lowest BCUT2D eigenvalue weighted by Gasteiger charge is -2.21. The molecule has 0 aliphatic heterocycles. The van der Waals surface area contributed by atoms with Crippen LogP contribution in [0.2, 0.25) is 0 Å². The van der Waals surface area contributed by atoms with E-state index in [4.69, 9.17) is 19.5 Å². The van der Waals surface area contributed by atoms with Gasteiger partial charge in [0.25, 0.3) is 0 Å². The Hall–Kier alpha value is -1.20. The zero-order valence-corrected chi connectivity index (χ0v) is 12.5. The summed E-state index contributed by atoms with van der Waals surface area (Å²) < 4.78 is 27.4. The van der Waals surface area contributed by atoms with Crippen LogP contribution in [0.4, 0.5) is 0 Å². The Kier molecular flexibility index (Phi) is 6.88. The van der Waals surface area contributed by atoms with Crippen molar-refractivity contribution in [3.05, 3.63) is 35.9 Å². The summed E-state index contributed by atoms with van der Waals surface area (Å²) in [4.78, 5) is 11.8. The van der Waals surface area contributed by atoms with Crippen LogP contribution >= 0.6 is 7.60 Å². The van der Waals surface area contributed by atoms with Crippen molar-refractivity contribution in [3.63, 3.8) is 0 Å². The standard InChI is InChI=1S/C13H20NO5P/c1-3-18-20(16,19-4-2)12(14)13(15)17-10-11-8-6-5-7-9-11/h5-9,12H,3-4,10,14H2,1-2H3. The third kappa shape index (κ3) is 4.72. The van der Waals surface area contributed by atoms with Crippen molar-refractivity contribution in [2.45, 2.75) is 26.2 Å². The highest BCUT2D eigenvalue weighted by Gasteiger charge is 2.39. The van der Waals surface area contributed by atoms with E-state index in [1.807, 2.05) is 30.3 Å². The molecule has 0 aliphatic rings. The Morgan fingerprint density at radius 2 is 1.75 bits per heavy atom. The lowest BCUT2D eigenvalue weighted by Crippen LogP contribution is -2.33. The average Bonchev–Trinajstić information content (AvgIpc) is 2.45. The molecule has 2 N–H and O–H groups in total. The van der Waals surface area contributed by atoms with Crippen LogP contribution in [0.5, 0.6) is 0 Å². The van der Waals surface area contributed by atoms with Crippen LogP contribution in [0.25, 0.3) is 0 Å². The first-order valence-corrected chi connectivity index (χ1v) is 7.99. The topological polar surface area (TPSA) is 87.9 Å². The third-order valence-electron chi connectivity index (χ3n) is 2.42. The fourth-order valence-electron chi connectivity index (χ4n) is 1.50. The van der Waals surface area contributed by atoms with Gasteiger partial charge in [0.2, 0.25) is 5.78 Å². The highest BCUT2D eigenvalue weighted by molar-refractivity contribution is 7.55. The third-order valence-corrected chi connectivity index (χ3v) is 4.55. The maximum Gasteiger partial charge on any atom is 0.358 e. The van der Waals surface area contributed by atoms with Gasteiger partial charge in [0.05, 0.1) is 13.2 Å². The second-order valence-electron chi connectivity index (χ2n) is 3.91. The van der Waals surface area contributed by atoms with Crippen LogP contribution in [0, 0.1) is 0 Å². The number of hydrogen-bond donors (Lipinski definition) is 1. The lowest BCUT2D eigenvalue weighted by atomic mass is 10.2. The van der Waals surface area contributed by atoms with Crippen LogP contribution in [-0.2, 0) is 29.8 Å². The quantitative estimate of drug-likeness (QED) is 0.585. The summed E-state index contributed by atoms with van der Waals surface area (Å²) in [5.74, 6) is -2.25. The van der Waals surface area contributed by atoms with E-state index in [1.165, 1.54) is 0 Å². The zero-order chi connectivity index (χ0) is 15.0. The summed E-state index contributed by atoms with van der Waals surface area (Å²) in [7, 11) is -3.68. The number of hydrogen-bond acceptors (Lipinski definition) is 6. The molecule has 0 heterocycles. The molecule has 0 fully saturated rings. The van der Waals surface area contributed by atoms with Crippen molar-refractivity contribution in [1.29, 1.82) is 0 Å². The minimum absolute atomic E-state index is 0.0611. The van der Waals surface area contributed by atoms with E-state index in [2.05, 4.69) is 0 Å². The second-order valence-corrected chi connectivity index (χ2v) is 6.07. The first kappa shape index (κ1) is 16.9. The van der Waals surface area contributed by atoms with Crippen molar-refractivity contribution in [1.82, 2.24) is 0 Å². The van der Waals surface area contributed by atoms with Crippen molar-refractivity contribution < 1.29 is 23.1 Å². The molecule has 112 valence electrons. The molecule has 1 aromatic rings.